The van der Waals surface area contributed by atoms with Crippen LogP contribution in [0.4, 0.5) is 0 Å². The zero-order valence-electron chi connectivity index (χ0n) is 10.2. The molecule has 2 atom stereocenters. The van der Waals surface area contributed by atoms with Gasteiger partial charge in [-0.25, -0.2) is 0 Å². The van der Waals surface area contributed by atoms with Gasteiger partial charge in [0.25, 0.3) is 0 Å². The van der Waals surface area contributed by atoms with Crippen molar-refractivity contribution in [3.8, 4) is 0 Å². The Hall–Kier alpha value is -0.710. The van der Waals surface area contributed by atoms with Crippen LogP contribution in [0, 0.1) is 0 Å². The van der Waals surface area contributed by atoms with Crippen LogP contribution in [0.25, 0.3) is 0 Å². The number of carbonyl (C=O) groups excluding carboxylic acids is 1. The van der Waals surface area contributed by atoms with E-state index < -0.39 is 0 Å². The first kappa shape index (κ1) is 13.7. The Bertz CT molecular complexity index is 380. The lowest BCUT2D eigenvalue weighted by molar-refractivity contribution is -0.128. The maximum atomic E-state index is 11.4. The van der Waals surface area contributed by atoms with Gasteiger partial charge in [-0.15, -0.1) is 0 Å². The summed E-state index contributed by atoms with van der Waals surface area (Å²) in [5, 5.41) is 0.370. The summed E-state index contributed by atoms with van der Waals surface area (Å²) in [7, 11) is 0. The van der Waals surface area contributed by atoms with E-state index in [0.29, 0.717) is 18.5 Å². The van der Waals surface area contributed by atoms with Crippen molar-refractivity contribution in [1.82, 2.24) is 0 Å². The molecule has 0 amide bonds. The molecular formula is C14H17BrO3. The van der Waals surface area contributed by atoms with Crippen LogP contribution in [-0.2, 0) is 20.9 Å². The zero-order valence-corrected chi connectivity index (χ0v) is 11.8. The quantitative estimate of drug-likeness (QED) is 0.758. The van der Waals surface area contributed by atoms with E-state index in [2.05, 4.69) is 15.9 Å². The maximum Gasteiger partial charge on any atom is 0.172 e. The third-order valence-electron chi connectivity index (χ3n) is 3.01. The zero-order chi connectivity index (χ0) is 12.8. The minimum Gasteiger partial charge on any atom is -0.374 e. The summed E-state index contributed by atoms with van der Waals surface area (Å²) < 4.78 is 11.3. The van der Waals surface area contributed by atoms with Crippen molar-refractivity contribution in [2.75, 3.05) is 11.9 Å². The number of halogens is 1. The number of alkyl halides is 1. The second-order valence-corrected chi connectivity index (χ2v) is 4.99. The van der Waals surface area contributed by atoms with Crippen LogP contribution in [0.5, 0.6) is 0 Å². The molecule has 1 aromatic carbocycles. The highest BCUT2D eigenvalue weighted by molar-refractivity contribution is 9.09. The number of hydrogen-bond donors (Lipinski definition) is 0. The molecular weight excluding hydrogens is 296 g/mol. The standard InChI is InChI=1S/C14H17BrO3/c15-8-13(16)14-7-6-12(18-14)10-17-9-11-4-2-1-3-5-11/h1-5,12,14H,6-10H2. The first-order valence-electron chi connectivity index (χ1n) is 6.15. The molecule has 0 bridgehead atoms. The Balaban J connectivity index is 1.68. The van der Waals surface area contributed by atoms with Crippen molar-refractivity contribution in [2.45, 2.75) is 31.7 Å². The normalized spacial score (nSPS) is 23.2. The third kappa shape index (κ3) is 3.90. The minimum absolute atomic E-state index is 0.0571. The van der Waals surface area contributed by atoms with E-state index in [1.54, 1.807) is 0 Å². The van der Waals surface area contributed by atoms with E-state index in [9.17, 15) is 4.79 Å². The van der Waals surface area contributed by atoms with Crippen molar-refractivity contribution in [2.24, 2.45) is 0 Å². The fourth-order valence-electron chi connectivity index (χ4n) is 2.03. The molecule has 0 aromatic heterocycles. The van der Waals surface area contributed by atoms with Gasteiger partial charge in [-0.3, -0.25) is 4.79 Å². The average molecular weight is 313 g/mol. The lowest BCUT2D eigenvalue weighted by atomic mass is 10.1. The summed E-state index contributed by atoms with van der Waals surface area (Å²) in [5.74, 6) is 0.126. The number of ketones is 1. The number of Topliss-reactive ketones (excluding diaryl/α,β-unsaturated/α-hetero) is 1. The molecule has 0 spiro atoms. The third-order valence-corrected chi connectivity index (χ3v) is 3.57. The van der Waals surface area contributed by atoms with Crippen LogP contribution in [0.2, 0.25) is 0 Å². The SMILES string of the molecule is O=C(CBr)C1CCC(COCc2ccccc2)O1. The monoisotopic (exact) mass is 312 g/mol. The lowest BCUT2D eigenvalue weighted by Crippen LogP contribution is -2.24. The molecule has 18 heavy (non-hydrogen) atoms. The van der Waals surface area contributed by atoms with E-state index in [1.807, 2.05) is 30.3 Å². The van der Waals surface area contributed by atoms with Crippen LogP contribution in [0.15, 0.2) is 30.3 Å². The Morgan fingerprint density at radius 2 is 2.11 bits per heavy atom. The first-order chi connectivity index (χ1) is 8.79. The molecule has 0 N–H and O–H groups in total. The molecule has 1 fully saturated rings. The summed E-state index contributed by atoms with van der Waals surface area (Å²) in [6, 6.07) is 10.0. The van der Waals surface area contributed by atoms with Gasteiger partial charge in [0.05, 0.1) is 24.6 Å². The van der Waals surface area contributed by atoms with Crippen LogP contribution in [-0.4, -0.2) is 29.9 Å². The number of benzene rings is 1. The predicted molar refractivity (Wildman–Crippen MR) is 72.8 cm³/mol. The van der Waals surface area contributed by atoms with Gasteiger partial charge in [-0.1, -0.05) is 46.3 Å². The number of hydrogen-bond acceptors (Lipinski definition) is 3. The van der Waals surface area contributed by atoms with Crippen LogP contribution in [0.3, 0.4) is 0 Å². The molecule has 2 unspecified atom stereocenters. The second-order valence-electron chi connectivity index (χ2n) is 4.42. The molecule has 1 aromatic rings. The van der Waals surface area contributed by atoms with Gasteiger partial charge in [0, 0.05) is 0 Å². The van der Waals surface area contributed by atoms with Crippen LogP contribution in [0.1, 0.15) is 18.4 Å². The molecule has 4 heteroatoms. The minimum atomic E-state index is -0.241. The molecule has 2 rings (SSSR count). The molecule has 1 saturated heterocycles. The fourth-order valence-corrected chi connectivity index (χ4v) is 2.39. The van der Waals surface area contributed by atoms with E-state index in [4.69, 9.17) is 9.47 Å². The van der Waals surface area contributed by atoms with Gasteiger partial charge < -0.3 is 9.47 Å². The average Bonchev–Trinajstić information content (AvgIpc) is 2.88. The molecule has 0 saturated carbocycles. The van der Waals surface area contributed by atoms with E-state index >= 15 is 0 Å². The van der Waals surface area contributed by atoms with Crippen molar-refractivity contribution < 1.29 is 14.3 Å². The van der Waals surface area contributed by atoms with Crippen molar-refractivity contribution in [3.63, 3.8) is 0 Å². The van der Waals surface area contributed by atoms with Gasteiger partial charge in [0.2, 0.25) is 0 Å². The van der Waals surface area contributed by atoms with Crippen molar-refractivity contribution >= 4 is 21.7 Å². The van der Waals surface area contributed by atoms with Crippen molar-refractivity contribution in [1.29, 1.82) is 0 Å². The number of ether oxygens (including phenoxy) is 2. The maximum absolute atomic E-state index is 11.4. The largest absolute Gasteiger partial charge is 0.374 e. The molecule has 1 heterocycles. The number of carbonyl (C=O) groups is 1. The fraction of sp³-hybridized carbons (Fsp3) is 0.500. The topological polar surface area (TPSA) is 35.5 Å². The number of rotatable bonds is 6. The van der Waals surface area contributed by atoms with E-state index in [1.165, 1.54) is 0 Å². The van der Waals surface area contributed by atoms with E-state index in [0.717, 1.165) is 18.4 Å². The summed E-state index contributed by atoms with van der Waals surface area (Å²) in [4.78, 5) is 11.4. The Kier molecular flexibility index (Phi) is 5.35. The molecule has 0 aliphatic carbocycles. The molecule has 98 valence electrons. The second kappa shape index (κ2) is 7.02. The van der Waals surface area contributed by atoms with Crippen LogP contribution < -0.4 is 0 Å². The lowest BCUT2D eigenvalue weighted by Gasteiger charge is -2.12. The highest BCUT2D eigenvalue weighted by Gasteiger charge is 2.29. The van der Waals surface area contributed by atoms with Crippen molar-refractivity contribution in [3.05, 3.63) is 35.9 Å². The summed E-state index contributed by atoms with van der Waals surface area (Å²) in [6.45, 7) is 1.15. The van der Waals surface area contributed by atoms with Gasteiger partial charge in [-0.05, 0) is 18.4 Å². The van der Waals surface area contributed by atoms with Gasteiger partial charge in [0.15, 0.2) is 5.78 Å². The van der Waals surface area contributed by atoms with Gasteiger partial charge >= 0.3 is 0 Å². The Morgan fingerprint density at radius 1 is 1.33 bits per heavy atom. The Labute approximate surface area is 116 Å². The predicted octanol–water partition coefficient (Wildman–Crippen LogP) is 2.71. The summed E-state index contributed by atoms with van der Waals surface area (Å²) in [5.41, 5.74) is 1.16. The summed E-state index contributed by atoms with van der Waals surface area (Å²) >= 11 is 3.17. The highest BCUT2D eigenvalue weighted by atomic mass is 79.9. The van der Waals surface area contributed by atoms with E-state index in [-0.39, 0.29) is 18.0 Å². The molecule has 1 aliphatic heterocycles. The van der Waals surface area contributed by atoms with Gasteiger partial charge in [0.1, 0.15) is 6.10 Å². The van der Waals surface area contributed by atoms with Gasteiger partial charge in [-0.2, -0.15) is 0 Å². The first-order valence-corrected chi connectivity index (χ1v) is 7.27. The smallest absolute Gasteiger partial charge is 0.172 e. The molecule has 0 radical (unpaired) electrons. The van der Waals surface area contributed by atoms with Crippen LogP contribution >= 0.6 is 15.9 Å². The molecule has 3 nitrogen and oxygen atoms in total. The Morgan fingerprint density at radius 3 is 2.83 bits per heavy atom. The highest BCUT2D eigenvalue weighted by Crippen LogP contribution is 2.21. The summed E-state index contributed by atoms with van der Waals surface area (Å²) in [6.07, 6.45) is 1.53. The molecule has 1 aliphatic rings.